The van der Waals surface area contributed by atoms with Gasteiger partial charge in [0.05, 0.1) is 12.0 Å². The Morgan fingerprint density at radius 3 is 2.48 bits per heavy atom. The van der Waals surface area contributed by atoms with Gasteiger partial charge in [-0.15, -0.1) is 0 Å². The summed E-state index contributed by atoms with van der Waals surface area (Å²) in [5.74, 6) is -0.129. The van der Waals surface area contributed by atoms with Crippen molar-refractivity contribution in [3.05, 3.63) is 63.2 Å². The van der Waals surface area contributed by atoms with Crippen LogP contribution in [0.5, 0.6) is 5.75 Å². The van der Waals surface area contributed by atoms with Crippen molar-refractivity contribution >= 4 is 31.8 Å². The maximum Gasteiger partial charge on any atom is 0.216 e. The monoisotopic (exact) mass is 395 g/mol. The first kappa shape index (κ1) is 17.2. The second-order valence-corrected chi connectivity index (χ2v) is 7.30. The molecular weight excluding hydrogens is 385 g/mol. The molecule has 0 radical (unpaired) electrons. The van der Waals surface area contributed by atoms with Gasteiger partial charge >= 0.3 is 0 Å². The molecule has 0 saturated carbocycles. The normalized spacial score (nSPS) is 11.8. The zero-order valence-electron chi connectivity index (χ0n) is 12.0. The van der Waals surface area contributed by atoms with Gasteiger partial charge in [-0.2, -0.15) is 5.26 Å². The van der Waals surface area contributed by atoms with Gasteiger partial charge in [-0.05, 0) is 48.5 Å². The predicted octanol–water partition coefficient (Wildman–Crippen LogP) is 3.94. The van der Waals surface area contributed by atoms with E-state index < -0.39 is 20.6 Å². The fourth-order valence-corrected chi connectivity index (χ4v) is 3.40. The summed E-state index contributed by atoms with van der Waals surface area (Å²) in [7, 11) is -2.60. The van der Waals surface area contributed by atoms with Crippen LogP contribution in [0.2, 0.25) is 0 Å². The molecule has 0 aliphatic heterocycles. The highest BCUT2D eigenvalue weighted by Gasteiger charge is 2.21. The first-order valence-corrected chi connectivity index (χ1v) is 8.62. The summed E-state index contributed by atoms with van der Waals surface area (Å²) in [5, 5.41) is 9.25. The van der Waals surface area contributed by atoms with Crippen molar-refractivity contribution in [3.63, 3.8) is 0 Å². The van der Waals surface area contributed by atoms with Gasteiger partial charge in [0.15, 0.2) is 0 Å². The van der Waals surface area contributed by atoms with Gasteiger partial charge in [0.25, 0.3) is 0 Å². The molecule has 2 aromatic carbocycles. The van der Waals surface area contributed by atoms with Gasteiger partial charge in [0.2, 0.25) is 9.84 Å². The van der Waals surface area contributed by atoms with Crippen LogP contribution in [0.25, 0.3) is 6.08 Å². The van der Waals surface area contributed by atoms with E-state index in [0.29, 0.717) is 15.8 Å². The van der Waals surface area contributed by atoms with E-state index in [1.807, 2.05) is 0 Å². The summed E-state index contributed by atoms with van der Waals surface area (Å²) in [6.45, 7) is 0. The maximum atomic E-state index is 13.0. The molecule has 0 N–H and O–H groups in total. The van der Waals surface area contributed by atoms with Gasteiger partial charge in [-0.3, -0.25) is 0 Å². The highest BCUT2D eigenvalue weighted by molar-refractivity contribution is 9.10. The Morgan fingerprint density at radius 1 is 1.26 bits per heavy atom. The molecule has 4 nitrogen and oxygen atoms in total. The van der Waals surface area contributed by atoms with E-state index in [2.05, 4.69) is 15.9 Å². The summed E-state index contributed by atoms with van der Waals surface area (Å²) < 4.78 is 43.8. The minimum absolute atomic E-state index is 0.152. The van der Waals surface area contributed by atoms with Crippen LogP contribution in [-0.2, 0) is 9.84 Å². The van der Waals surface area contributed by atoms with E-state index >= 15 is 0 Å². The predicted molar refractivity (Wildman–Crippen MR) is 87.9 cm³/mol. The van der Waals surface area contributed by atoms with Crippen LogP contribution in [0, 0.1) is 17.1 Å². The quantitative estimate of drug-likeness (QED) is 0.580. The minimum Gasteiger partial charge on any atom is -0.496 e. The lowest BCUT2D eigenvalue weighted by molar-refractivity contribution is 0.414. The second-order valence-electron chi connectivity index (χ2n) is 4.46. The summed E-state index contributed by atoms with van der Waals surface area (Å²) >= 11 is 3.28. The molecule has 23 heavy (non-hydrogen) atoms. The van der Waals surface area contributed by atoms with Crippen LogP contribution in [0.15, 0.2) is 56.7 Å². The van der Waals surface area contributed by atoms with Crippen LogP contribution in [-0.4, -0.2) is 15.5 Å². The van der Waals surface area contributed by atoms with Crippen molar-refractivity contribution in [3.8, 4) is 11.8 Å². The lowest BCUT2D eigenvalue weighted by Gasteiger charge is -2.07. The number of nitrogens with zero attached hydrogens (tertiary/aromatic N) is 1. The number of methoxy groups -OCH3 is 1. The van der Waals surface area contributed by atoms with Crippen molar-refractivity contribution < 1.29 is 17.5 Å². The number of ether oxygens (including phenoxy) is 1. The van der Waals surface area contributed by atoms with Crippen molar-refractivity contribution in [2.75, 3.05) is 7.11 Å². The molecule has 2 aromatic rings. The highest BCUT2D eigenvalue weighted by atomic mass is 79.9. The van der Waals surface area contributed by atoms with Crippen molar-refractivity contribution in [1.29, 1.82) is 5.26 Å². The Kier molecular flexibility index (Phi) is 5.19. The average Bonchev–Trinajstić information content (AvgIpc) is 2.53. The molecule has 0 fully saturated rings. The first-order chi connectivity index (χ1) is 10.9. The summed E-state index contributed by atoms with van der Waals surface area (Å²) in [6, 6.07) is 11.0. The lowest BCUT2D eigenvalue weighted by atomic mass is 10.2. The number of halogens is 2. The molecule has 0 aliphatic rings. The molecule has 0 saturated heterocycles. The molecule has 0 unspecified atom stereocenters. The standard InChI is InChI=1S/C16H11BrFNO3S/c1-22-16-7-2-12(17)8-11(16)9-15(10-19)23(20,21)14-5-3-13(18)4-6-14/h2-9H,1H3. The number of allylic oxidation sites excluding steroid dienone is 1. The van der Waals surface area contributed by atoms with Gasteiger partial charge in [-0.25, -0.2) is 12.8 Å². The second kappa shape index (κ2) is 6.94. The number of benzene rings is 2. The number of nitriles is 1. The van der Waals surface area contributed by atoms with E-state index in [9.17, 15) is 18.1 Å². The summed E-state index contributed by atoms with van der Waals surface area (Å²) in [4.78, 5) is -0.610. The van der Waals surface area contributed by atoms with Crippen LogP contribution < -0.4 is 4.74 Å². The van der Waals surface area contributed by atoms with Gasteiger partial charge in [0.1, 0.15) is 22.5 Å². The number of sulfone groups is 1. The first-order valence-electron chi connectivity index (χ1n) is 6.34. The zero-order chi connectivity index (χ0) is 17.0. The fraction of sp³-hybridized carbons (Fsp3) is 0.0625. The van der Waals surface area contributed by atoms with Crippen LogP contribution >= 0.6 is 15.9 Å². The SMILES string of the molecule is COc1ccc(Br)cc1C=C(C#N)S(=O)(=O)c1ccc(F)cc1. The average molecular weight is 396 g/mol. The molecule has 0 bridgehead atoms. The molecule has 118 valence electrons. The molecule has 0 amide bonds. The third-order valence-corrected chi connectivity index (χ3v) is 5.18. The van der Waals surface area contributed by atoms with Crippen molar-refractivity contribution in [1.82, 2.24) is 0 Å². The number of hydrogen-bond donors (Lipinski definition) is 0. The zero-order valence-corrected chi connectivity index (χ0v) is 14.4. The molecule has 0 spiro atoms. The Bertz CT molecular complexity index is 900. The topological polar surface area (TPSA) is 67.2 Å². The molecule has 2 rings (SSSR count). The van der Waals surface area contributed by atoms with E-state index in [1.54, 1.807) is 24.3 Å². The minimum atomic E-state index is -4.04. The van der Waals surface area contributed by atoms with Crippen LogP contribution in [0.3, 0.4) is 0 Å². The largest absolute Gasteiger partial charge is 0.496 e. The van der Waals surface area contributed by atoms with E-state index in [0.717, 1.165) is 24.3 Å². The Morgan fingerprint density at radius 2 is 1.91 bits per heavy atom. The van der Waals surface area contributed by atoms with Crippen molar-refractivity contribution in [2.45, 2.75) is 4.90 Å². The van der Waals surface area contributed by atoms with Crippen LogP contribution in [0.1, 0.15) is 5.56 Å². The molecule has 7 heteroatoms. The molecule has 0 aromatic heterocycles. The maximum absolute atomic E-state index is 13.0. The van der Waals surface area contributed by atoms with Gasteiger partial charge in [0, 0.05) is 10.0 Å². The van der Waals surface area contributed by atoms with E-state index in [1.165, 1.54) is 13.2 Å². The molecular formula is C16H11BrFNO3S. The fourth-order valence-electron chi connectivity index (χ4n) is 1.87. The summed E-state index contributed by atoms with van der Waals surface area (Å²) in [6.07, 6.45) is 1.22. The molecule has 0 heterocycles. The van der Waals surface area contributed by atoms with Crippen molar-refractivity contribution in [2.24, 2.45) is 0 Å². The molecule has 0 atom stereocenters. The van der Waals surface area contributed by atoms with Gasteiger partial charge in [-0.1, -0.05) is 15.9 Å². The number of rotatable bonds is 4. The third kappa shape index (κ3) is 3.78. The Labute approximate surface area is 141 Å². The van der Waals surface area contributed by atoms with Gasteiger partial charge < -0.3 is 4.74 Å². The number of hydrogen-bond acceptors (Lipinski definition) is 4. The smallest absolute Gasteiger partial charge is 0.216 e. The Hall–Kier alpha value is -2.17. The lowest BCUT2D eigenvalue weighted by Crippen LogP contribution is -2.04. The summed E-state index contributed by atoms with van der Waals surface area (Å²) in [5.41, 5.74) is 0.434. The molecule has 0 aliphatic carbocycles. The highest BCUT2D eigenvalue weighted by Crippen LogP contribution is 2.28. The van der Waals surface area contributed by atoms with E-state index in [-0.39, 0.29) is 4.90 Å². The van der Waals surface area contributed by atoms with E-state index in [4.69, 9.17) is 4.74 Å². The van der Waals surface area contributed by atoms with Crippen LogP contribution in [0.4, 0.5) is 4.39 Å². The Balaban J connectivity index is 2.57. The third-order valence-electron chi connectivity index (χ3n) is 3.00.